The van der Waals surface area contributed by atoms with Crippen molar-refractivity contribution < 1.29 is 14.5 Å². The van der Waals surface area contributed by atoms with Crippen molar-refractivity contribution in [1.29, 1.82) is 0 Å². The number of aromatic nitrogens is 1. The first-order valence-corrected chi connectivity index (χ1v) is 5.65. The smallest absolute Gasteiger partial charge is 0.290 e. The first kappa shape index (κ1) is 14.8. The molecule has 0 saturated heterocycles. The molecule has 1 rings (SSSR count). The van der Waals surface area contributed by atoms with Gasteiger partial charge in [-0.05, 0) is 13.0 Å². The molecule has 0 bridgehead atoms. The van der Waals surface area contributed by atoms with E-state index in [1.54, 1.807) is 14.0 Å². The van der Waals surface area contributed by atoms with E-state index in [2.05, 4.69) is 15.6 Å². The number of anilines is 1. The summed E-state index contributed by atoms with van der Waals surface area (Å²) in [7, 11) is 1.55. The zero-order valence-electron chi connectivity index (χ0n) is 10.8. The number of aryl methyl sites for hydroxylation is 1. The van der Waals surface area contributed by atoms with Crippen LogP contribution in [0.2, 0.25) is 0 Å². The Morgan fingerprint density at radius 1 is 1.58 bits per heavy atom. The summed E-state index contributed by atoms with van der Waals surface area (Å²) in [5, 5.41) is 16.0. The molecule has 0 fully saturated rings. The molecule has 0 spiro atoms. The first-order valence-electron chi connectivity index (χ1n) is 5.65. The van der Waals surface area contributed by atoms with Gasteiger partial charge in [0.2, 0.25) is 5.91 Å². The Morgan fingerprint density at radius 3 is 2.89 bits per heavy atom. The zero-order chi connectivity index (χ0) is 14.3. The lowest BCUT2D eigenvalue weighted by molar-refractivity contribution is -0.385. The fourth-order valence-electron chi connectivity index (χ4n) is 1.36. The van der Waals surface area contributed by atoms with Crippen LogP contribution in [-0.2, 0) is 9.53 Å². The van der Waals surface area contributed by atoms with Crippen LogP contribution in [0, 0.1) is 17.0 Å². The molecule has 0 atom stereocenters. The van der Waals surface area contributed by atoms with Gasteiger partial charge in [-0.2, -0.15) is 0 Å². The Morgan fingerprint density at radius 2 is 2.32 bits per heavy atom. The van der Waals surface area contributed by atoms with Crippen LogP contribution in [0.1, 0.15) is 5.56 Å². The number of hydrogen-bond acceptors (Lipinski definition) is 6. The summed E-state index contributed by atoms with van der Waals surface area (Å²) in [6.45, 7) is 2.54. The van der Waals surface area contributed by atoms with Gasteiger partial charge < -0.3 is 15.4 Å². The molecule has 1 heterocycles. The SMILES string of the molecule is COCCNC(=O)CNc1cc(C)c([N+](=O)[O-])cn1. The molecule has 1 aromatic rings. The zero-order valence-corrected chi connectivity index (χ0v) is 10.8. The van der Waals surface area contributed by atoms with Crippen LogP contribution in [0.25, 0.3) is 0 Å². The second kappa shape index (κ2) is 7.27. The fraction of sp³-hybridized carbons (Fsp3) is 0.455. The molecule has 8 heteroatoms. The Balaban J connectivity index is 2.48. The van der Waals surface area contributed by atoms with Crippen LogP contribution in [0.15, 0.2) is 12.3 Å². The molecular formula is C11H16N4O4. The number of ether oxygens (including phenoxy) is 1. The van der Waals surface area contributed by atoms with E-state index in [1.807, 2.05) is 0 Å². The Bertz CT molecular complexity index is 464. The summed E-state index contributed by atoms with van der Waals surface area (Å²) in [6.07, 6.45) is 1.17. The second-order valence-corrected chi connectivity index (χ2v) is 3.81. The number of amides is 1. The van der Waals surface area contributed by atoms with Gasteiger partial charge in [-0.1, -0.05) is 0 Å². The number of nitrogens with one attached hydrogen (secondary N) is 2. The number of carbonyl (C=O) groups is 1. The monoisotopic (exact) mass is 268 g/mol. The third-order valence-corrected chi connectivity index (χ3v) is 2.34. The van der Waals surface area contributed by atoms with Gasteiger partial charge in [0.15, 0.2) is 0 Å². The molecular weight excluding hydrogens is 252 g/mol. The maximum absolute atomic E-state index is 11.4. The van der Waals surface area contributed by atoms with Gasteiger partial charge in [0.05, 0.1) is 18.1 Å². The van der Waals surface area contributed by atoms with Crippen LogP contribution in [0.3, 0.4) is 0 Å². The minimum absolute atomic E-state index is 0.0462. The molecule has 0 aliphatic heterocycles. The van der Waals surface area contributed by atoms with Crippen LogP contribution in [0.5, 0.6) is 0 Å². The van der Waals surface area contributed by atoms with E-state index < -0.39 is 4.92 Å². The Labute approximate surface area is 110 Å². The van der Waals surface area contributed by atoms with Crippen LogP contribution < -0.4 is 10.6 Å². The van der Waals surface area contributed by atoms with E-state index in [4.69, 9.17) is 4.74 Å². The third kappa shape index (κ3) is 4.88. The van der Waals surface area contributed by atoms with Crippen molar-refractivity contribution in [3.63, 3.8) is 0 Å². The van der Waals surface area contributed by atoms with Crippen LogP contribution >= 0.6 is 0 Å². The number of pyridine rings is 1. The quantitative estimate of drug-likeness (QED) is 0.423. The highest BCUT2D eigenvalue weighted by atomic mass is 16.6. The van der Waals surface area contributed by atoms with Crippen molar-refractivity contribution in [2.45, 2.75) is 6.92 Å². The van der Waals surface area contributed by atoms with Gasteiger partial charge in [0.25, 0.3) is 5.69 Å². The standard InChI is InChI=1S/C11H16N4O4/c1-8-5-10(13-6-9(8)15(17)18)14-7-11(16)12-3-4-19-2/h5-6H,3-4,7H2,1-2H3,(H,12,16)(H,13,14). The van der Waals surface area contributed by atoms with E-state index in [0.717, 1.165) is 0 Å². The van der Waals surface area contributed by atoms with E-state index >= 15 is 0 Å². The molecule has 0 aliphatic carbocycles. The van der Waals surface area contributed by atoms with E-state index in [1.165, 1.54) is 12.3 Å². The van der Waals surface area contributed by atoms with Crippen molar-refractivity contribution in [3.05, 3.63) is 27.9 Å². The van der Waals surface area contributed by atoms with Gasteiger partial charge >= 0.3 is 0 Å². The van der Waals surface area contributed by atoms with Crippen molar-refractivity contribution in [1.82, 2.24) is 10.3 Å². The van der Waals surface area contributed by atoms with Gasteiger partial charge in [-0.15, -0.1) is 0 Å². The maximum Gasteiger partial charge on any atom is 0.290 e. The van der Waals surface area contributed by atoms with Crippen molar-refractivity contribution in [3.8, 4) is 0 Å². The number of rotatable bonds is 7. The summed E-state index contributed by atoms with van der Waals surface area (Å²) < 4.78 is 4.80. The largest absolute Gasteiger partial charge is 0.383 e. The molecule has 104 valence electrons. The average Bonchev–Trinajstić information content (AvgIpc) is 2.36. The molecule has 2 N–H and O–H groups in total. The number of nitro groups is 1. The predicted molar refractivity (Wildman–Crippen MR) is 69.0 cm³/mol. The Kier molecular flexibility index (Phi) is 5.68. The summed E-state index contributed by atoms with van der Waals surface area (Å²) in [6, 6.07) is 1.53. The van der Waals surface area contributed by atoms with E-state index in [9.17, 15) is 14.9 Å². The third-order valence-electron chi connectivity index (χ3n) is 2.34. The molecule has 0 saturated carbocycles. The summed E-state index contributed by atoms with van der Waals surface area (Å²) in [5.41, 5.74) is 0.442. The highest BCUT2D eigenvalue weighted by Gasteiger charge is 2.11. The normalized spacial score (nSPS) is 10.0. The lowest BCUT2D eigenvalue weighted by atomic mass is 10.2. The highest BCUT2D eigenvalue weighted by molar-refractivity contribution is 5.80. The Hall–Kier alpha value is -2.22. The van der Waals surface area contributed by atoms with Crippen molar-refractivity contribution >= 4 is 17.4 Å². The molecule has 0 radical (unpaired) electrons. The molecule has 19 heavy (non-hydrogen) atoms. The molecule has 0 unspecified atom stereocenters. The van der Waals surface area contributed by atoms with Crippen LogP contribution in [0.4, 0.5) is 11.5 Å². The van der Waals surface area contributed by atoms with Crippen molar-refractivity contribution in [2.24, 2.45) is 0 Å². The highest BCUT2D eigenvalue weighted by Crippen LogP contribution is 2.18. The first-order chi connectivity index (χ1) is 9.04. The minimum atomic E-state index is -0.496. The topological polar surface area (TPSA) is 106 Å². The maximum atomic E-state index is 11.4. The molecule has 1 amide bonds. The fourth-order valence-corrected chi connectivity index (χ4v) is 1.36. The lowest BCUT2D eigenvalue weighted by Crippen LogP contribution is -2.32. The van der Waals surface area contributed by atoms with Crippen molar-refractivity contribution in [2.75, 3.05) is 32.1 Å². The van der Waals surface area contributed by atoms with Gasteiger partial charge in [-0.25, -0.2) is 4.98 Å². The summed E-state index contributed by atoms with van der Waals surface area (Å²) >= 11 is 0. The van der Waals surface area contributed by atoms with E-state index in [0.29, 0.717) is 24.5 Å². The van der Waals surface area contributed by atoms with Gasteiger partial charge in [0.1, 0.15) is 12.0 Å². The number of hydrogen-bond donors (Lipinski definition) is 2. The number of methoxy groups -OCH3 is 1. The van der Waals surface area contributed by atoms with Gasteiger partial charge in [-0.3, -0.25) is 14.9 Å². The van der Waals surface area contributed by atoms with Gasteiger partial charge in [0, 0.05) is 19.2 Å². The average molecular weight is 268 g/mol. The summed E-state index contributed by atoms with van der Waals surface area (Å²) in [4.78, 5) is 25.4. The summed E-state index contributed by atoms with van der Waals surface area (Å²) in [5.74, 6) is 0.222. The minimum Gasteiger partial charge on any atom is -0.383 e. The van der Waals surface area contributed by atoms with E-state index in [-0.39, 0.29) is 18.1 Å². The van der Waals surface area contributed by atoms with Crippen LogP contribution in [-0.4, -0.2) is 42.6 Å². The lowest BCUT2D eigenvalue weighted by Gasteiger charge is -2.07. The number of nitrogens with zero attached hydrogens (tertiary/aromatic N) is 2. The molecule has 0 aliphatic rings. The predicted octanol–water partition coefficient (Wildman–Crippen LogP) is 0.473. The molecule has 0 aromatic carbocycles. The second-order valence-electron chi connectivity index (χ2n) is 3.81. The molecule has 1 aromatic heterocycles. The number of carbonyl (C=O) groups excluding carboxylic acids is 1. The molecule has 8 nitrogen and oxygen atoms in total.